The average Bonchev–Trinajstić information content (AvgIpc) is 2.85. The summed E-state index contributed by atoms with van der Waals surface area (Å²) in [5, 5.41) is 8.74. The third kappa shape index (κ3) is 3.29. The van der Waals surface area contributed by atoms with Crippen molar-refractivity contribution in [1.29, 1.82) is 0 Å². The lowest BCUT2D eigenvalue weighted by Gasteiger charge is -2.09. The molecular weight excluding hydrogens is 282 g/mol. The monoisotopic (exact) mass is 299 g/mol. The second kappa shape index (κ2) is 5.80. The molecule has 6 nitrogen and oxygen atoms in total. The van der Waals surface area contributed by atoms with Crippen molar-refractivity contribution in [3.8, 4) is 5.75 Å². The molecule has 1 aromatic rings. The Morgan fingerprint density at radius 3 is 2.95 bits per heavy atom. The molecule has 0 aliphatic carbocycles. The van der Waals surface area contributed by atoms with Crippen LogP contribution in [0.1, 0.15) is 18.9 Å². The van der Waals surface area contributed by atoms with Gasteiger partial charge in [-0.3, -0.25) is 4.79 Å². The molecule has 0 bridgehead atoms. The lowest BCUT2D eigenvalue weighted by atomic mass is 10.1. The molecular formula is C13H17NO5S. The standard InChI is InChI=1S/C13H17NO5S/c1-9(13(15)16)4-6-14-20(17,18)11-2-3-12-10(8-11)5-7-19-12/h2-3,8-9,14H,4-7H2,1H3,(H,15,16). The van der Waals surface area contributed by atoms with Crippen LogP contribution in [0.15, 0.2) is 23.1 Å². The number of carboxylic acids is 1. The maximum absolute atomic E-state index is 12.1. The number of sulfonamides is 1. The Balaban J connectivity index is 2.02. The molecule has 1 aliphatic rings. The summed E-state index contributed by atoms with van der Waals surface area (Å²) in [5.74, 6) is -0.784. The molecule has 1 aromatic carbocycles. The van der Waals surface area contributed by atoms with Crippen LogP contribution in [0, 0.1) is 5.92 Å². The molecule has 0 saturated carbocycles. The van der Waals surface area contributed by atoms with Gasteiger partial charge in [-0.2, -0.15) is 0 Å². The second-order valence-corrected chi connectivity index (χ2v) is 6.56. The fourth-order valence-electron chi connectivity index (χ4n) is 1.95. The van der Waals surface area contributed by atoms with Crippen molar-refractivity contribution >= 4 is 16.0 Å². The van der Waals surface area contributed by atoms with Crippen LogP contribution in [0.5, 0.6) is 5.75 Å². The number of carbonyl (C=O) groups is 1. The van der Waals surface area contributed by atoms with Gasteiger partial charge >= 0.3 is 5.97 Å². The maximum Gasteiger partial charge on any atom is 0.306 e. The van der Waals surface area contributed by atoms with E-state index in [-0.39, 0.29) is 17.9 Å². The van der Waals surface area contributed by atoms with Crippen LogP contribution in [-0.2, 0) is 21.2 Å². The first-order valence-corrected chi connectivity index (χ1v) is 7.86. The van der Waals surface area contributed by atoms with Crippen LogP contribution in [0.3, 0.4) is 0 Å². The minimum absolute atomic E-state index is 0.101. The number of fused-ring (bicyclic) bond motifs is 1. The Morgan fingerprint density at radius 2 is 2.25 bits per heavy atom. The summed E-state index contributed by atoms with van der Waals surface area (Å²) in [5.41, 5.74) is 0.881. The molecule has 1 atom stereocenters. The topological polar surface area (TPSA) is 92.7 Å². The zero-order chi connectivity index (χ0) is 14.8. The van der Waals surface area contributed by atoms with Crippen molar-refractivity contribution in [2.75, 3.05) is 13.2 Å². The fourth-order valence-corrected chi connectivity index (χ4v) is 3.04. The zero-order valence-electron chi connectivity index (χ0n) is 11.1. The summed E-state index contributed by atoms with van der Waals surface area (Å²) in [6.45, 7) is 2.22. The summed E-state index contributed by atoms with van der Waals surface area (Å²) >= 11 is 0. The third-order valence-electron chi connectivity index (χ3n) is 3.26. The molecule has 0 saturated heterocycles. The predicted octanol–water partition coefficient (Wildman–Crippen LogP) is 1.01. The molecule has 7 heteroatoms. The van der Waals surface area contributed by atoms with Gasteiger partial charge in [0.15, 0.2) is 0 Å². The van der Waals surface area contributed by atoms with E-state index in [0.29, 0.717) is 13.0 Å². The van der Waals surface area contributed by atoms with E-state index in [9.17, 15) is 13.2 Å². The first-order chi connectivity index (χ1) is 9.40. The Kier molecular flexibility index (Phi) is 4.29. The highest BCUT2D eigenvalue weighted by atomic mass is 32.2. The van der Waals surface area contributed by atoms with Gasteiger partial charge in [0.1, 0.15) is 5.75 Å². The molecule has 0 aromatic heterocycles. The van der Waals surface area contributed by atoms with Gasteiger partial charge in [-0.25, -0.2) is 13.1 Å². The summed E-state index contributed by atoms with van der Waals surface area (Å²) < 4.78 is 31.9. The number of nitrogens with one attached hydrogen (secondary N) is 1. The number of ether oxygens (including phenoxy) is 1. The van der Waals surface area contributed by atoms with Crippen LogP contribution in [0.25, 0.3) is 0 Å². The molecule has 2 rings (SSSR count). The van der Waals surface area contributed by atoms with Gasteiger partial charge in [0.05, 0.1) is 17.4 Å². The van der Waals surface area contributed by atoms with E-state index >= 15 is 0 Å². The Bertz CT molecular complexity index is 611. The van der Waals surface area contributed by atoms with E-state index in [0.717, 1.165) is 11.3 Å². The number of carboxylic acid groups (broad SMARTS) is 1. The highest BCUT2D eigenvalue weighted by Gasteiger charge is 2.19. The zero-order valence-corrected chi connectivity index (χ0v) is 11.9. The molecule has 0 radical (unpaired) electrons. The van der Waals surface area contributed by atoms with Gasteiger partial charge in [0.25, 0.3) is 0 Å². The third-order valence-corrected chi connectivity index (χ3v) is 4.72. The van der Waals surface area contributed by atoms with E-state index in [2.05, 4.69) is 4.72 Å². The van der Waals surface area contributed by atoms with Gasteiger partial charge in [-0.15, -0.1) is 0 Å². The van der Waals surface area contributed by atoms with Crippen LogP contribution in [-0.4, -0.2) is 32.6 Å². The van der Waals surface area contributed by atoms with E-state index in [4.69, 9.17) is 9.84 Å². The number of rotatable bonds is 6. The van der Waals surface area contributed by atoms with Crippen LogP contribution >= 0.6 is 0 Å². The molecule has 110 valence electrons. The average molecular weight is 299 g/mol. The molecule has 20 heavy (non-hydrogen) atoms. The predicted molar refractivity (Wildman–Crippen MR) is 72.2 cm³/mol. The van der Waals surface area contributed by atoms with Gasteiger partial charge in [0, 0.05) is 13.0 Å². The van der Waals surface area contributed by atoms with E-state index in [1.54, 1.807) is 19.1 Å². The van der Waals surface area contributed by atoms with Crippen molar-refractivity contribution in [3.63, 3.8) is 0 Å². The summed E-state index contributed by atoms with van der Waals surface area (Å²) in [6, 6.07) is 4.75. The second-order valence-electron chi connectivity index (χ2n) is 4.79. The summed E-state index contributed by atoms with van der Waals surface area (Å²) in [4.78, 5) is 10.8. The molecule has 1 unspecified atom stereocenters. The molecule has 0 fully saturated rings. The summed E-state index contributed by atoms with van der Waals surface area (Å²) in [7, 11) is -3.60. The molecule has 1 heterocycles. The largest absolute Gasteiger partial charge is 0.493 e. The minimum Gasteiger partial charge on any atom is -0.493 e. The fraction of sp³-hybridized carbons (Fsp3) is 0.462. The van der Waals surface area contributed by atoms with E-state index in [1.165, 1.54) is 6.07 Å². The van der Waals surface area contributed by atoms with Gasteiger partial charge in [-0.1, -0.05) is 6.92 Å². The van der Waals surface area contributed by atoms with Crippen LogP contribution < -0.4 is 9.46 Å². The number of hydrogen-bond donors (Lipinski definition) is 2. The molecule has 0 spiro atoms. The van der Waals surface area contributed by atoms with Crippen LogP contribution in [0.2, 0.25) is 0 Å². The van der Waals surface area contributed by atoms with Crippen molar-refractivity contribution in [1.82, 2.24) is 4.72 Å². The van der Waals surface area contributed by atoms with Crippen molar-refractivity contribution in [3.05, 3.63) is 23.8 Å². The quantitative estimate of drug-likeness (QED) is 0.818. The first-order valence-electron chi connectivity index (χ1n) is 6.38. The van der Waals surface area contributed by atoms with Crippen molar-refractivity contribution < 1.29 is 23.1 Å². The highest BCUT2D eigenvalue weighted by Crippen LogP contribution is 2.27. The van der Waals surface area contributed by atoms with Crippen molar-refractivity contribution in [2.24, 2.45) is 5.92 Å². The highest BCUT2D eigenvalue weighted by molar-refractivity contribution is 7.89. The van der Waals surface area contributed by atoms with Gasteiger partial charge in [0.2, 0.25) is 10.0 Å². The lowest BCUT2D eigenvalue weighted by Crippen LogP contribution is -2.27. The lowest BCUT2D eigenvalue weighted by molar-refractivity contribution is -0.141. The van der Waals surface area contributed by atoms with Gasteiger partial charge < -0.3 is 9.84 Å². The Labute approximate surface area is 117 Å². The maximum atomic E-state index is 12.1. The summed E-state index contributed by atoms with van der Waals surface area (Å²) in [6.07, 6.45) is 0.956. The Hall–Kier alpha value is -1.60. The number of benzene rings is 1. The van der Waals surface area contributed by atoms with Gasteiger partial charge in [-0.05, 0) is 30.2 Å². The minimum atomic E-state index is -3.60. The molecule has 2 N–H and O–H groups in total. The van der Waals surface area contributed by atoms with E-state index < -0.39 is 21.9 Å². The number of hydrogen-bond acceptors (Lipinski definition) is 4. The Morgan fingerprint density at radius 1 is 1.50 bits per heavy atom. The smallest absolute Gasteiger partial charge is 0.306 e. The first kappa shape index (κ1) is 14.8. The van der Waals surface area contributed by atoms with Crippen LogP contribution in [0.4, 0.5) is 0 Å². The van der Waals surface area contributed by atoms with E-state index in [1.807, 2.05) is 0 Å². The SMILES string of the molecule is CC(CCNS(=O)(=O)c1ccc2c(c1)CCO2)C(=O)O. The number of aliphatic carboxylic acids is 1. The van der Waals surface area contributed by atoms with Crippen molar-refractivity contribution in [2.45, 2.75) is 24.7 Å². The molecule has 1 aliphatic heterocycles. The normalized spacial score (nSPS) is 15.4. The molecule has 0 amide bonds.